The Morgan fingerprint density at radius 3 is 0.711 bits per heavy atom. The molecule has 0 saturated heterocycles. The minimum Gasteiger partial charge on any atom is -0.457 e. The number of amides is 4. The van der Waals surface area contributed by atoms with Crippen LogP contribution in [0.4, 0.5) is 0 Å². The van der Waals surface area contributed by atoms with E-state index in [0.29, 0.717) is 83.1 Å². The van der Waals surface area contributed by atoms with Crippen LogP contribution in [0.1, 0.15) is 216 Å². The van der Waals surface area contributed by atoms with Gasteiger partial charge in [-0.3, -0.25) is 19.2 Å². The summed E-state index contributed by atoms with van der Waals surface area (Å²) in [4.78, 5) is 66.5. The molecule has 9 heteroatoms. The molecule has 8 bridgehead atoms. The SMILES string of the molecule is CCN(CC)C(=O)Cc1c2cc(C(C)(C)C)cc1Cc1cc(C(C)(C)C)cc(c1CC(=O)N(CC)CC)Oc1cc(C(C)(C)C)cc(c1CC(=O)N(CC)CC)Cc1cc(C(C)(C)C)cc(c1CC(=O)N(CC)CC)C2. The average Bonchev–Trinajstić information content (AvgIpc) is 3.32. The summed E-state index contributed by atoms with van der Waals surface area (Å²) in [6.07, 6.45) is 2.02. The second-order valence-electron chi connectivity index (χ2n) is 25.4. The van der Waals surface area contributed by atoms with Gasteiger partial charge in [0, 0.05) is 63.5 Å². The largest absolute Gasteiger partial charge is 0.457 e. The van der Waals surface area contributed by atoms with Crippen LogP contribution in [-0.2, 0) is 85.8 Å². The first kappa shape index (κ1) is 61.4. The summed E-state index contributed by atoms with van der Waals surface area (Å²) in [6, 6.07) is 18.1. The van der Waals surface area contributed by atoms with Gasteiger partial charge in [-0.15, -0.1) is 0 Å². The van der Waals surface area contributed by atoms with E-state index in [1.54, 1.807) is 0 Å². The van der Waals surface area contributed by atoms with Crippen molar-refractivity contribution >= 4 is 23.6 Å². The normalized spacial score (nSPS) is 13.0. The van der Waals surface area contributed by atoms with Crippen molar-refractivity contribution in [2.45, 2.75) is 205 Å². The molecule has 4 amide bonds. The maximum atomic E-state index is 14.7. The van der Waals surface area contributed by atoms with Gasteiger partial charge in [0.1, 0.15) is 11.5 Å². The van der Waals surface area contributed by atoms with E-state index in [2.05, 4.69) is 132 Å². The zero-order valence-corrected chi connectivity index (χ0v) is 51.1. The van der Waals surface area contributed by atoms with E-state index >= 15 is 0 Å². The predicted octanol–water partition coefficient (Wildman–Crippen LogP) is 13.4. The van der Waals surface area contributed by atoms with E-state index < -0.39 is 0 Å². The third kappa shape index (κ3) is 14.6. The Labute approximate surface area is 460 Å². The fourth-order valence-electron chi connectivity index (χ4n) is 10.8. The van der Waals surface area contributed by atoms with Crippen LogP contribution in [0.5, 0.6) is 11.5 Å². The number of ether oxygens (including phenoxy) is 1. The molecule has 1 aliphatic rings. The lowest BCUT2D eigenvalue weighted by Crippen LogP contribution is -2.33. The Balaban J connectivity index is 2.14. The molecule has 1 heterocycles. The number of hydrogen-bond donors (Lipinski definition) is 0. The molecule has 0 fully saturated rings. The van der Waals surface area contributed by atoms with Gasteiger partial charge >= 0.3 is 0 Å². The second-order valence-corrected chi connectivity index (χ2v) is 25.4. The van der Waals surface area contributed by atoms with Gasteiger partial charge in [0.2, 0.25) is 23.6 Å². The number of likely N-dealkylation sites (N-methyl/N-ethyl adjacent to an activating group) is 4. The van der Waals surface area contributed by atoms with Gasteiger partial charge in [0.05, 0.1) is 25.7 Å². The smallest absolute Gasteiger partial charge is 0.227 e. The molecule has 5 rings (SSSR count). The molecule has 0 spiro atoms. The van der Waals surface area contributed by atoms with Crippen molar-refractivity contribution < 1.29 is 23.9 Å². The molecule has 416 valence electrons. The molecule has 9 nitrogen and oxygen atoms in total. The molecular formula is C67H98N4O5. The van der Waals surface area contributed by atoms with Gasteiger partial charge in [-0.25, -0.2) is 0 Å². The molecule has 1 aliphatic heterocycles. The molecule has 76 heavy (non-hydrogen) atoms. The van der Waals surface area contributed by atoms with Crippen molar-refractivity contribution in [2.75, 3.05) is 52.4 Å². The second kappa shape index (κ2) is 24.9. The Morgan fingerprint density at radius 1 is 0.329 bits per heavy atom. The van der Waals surface area contributed by atoms with Gasteiger partial charge in [-0.1, -0.05) is 119 Å². The van der Waals surface area contributed by atoms with Crippen LogP contribution in [0, 0.1) is 0 Å². The highest BCUT2D eigenvalue weighted by Gasteiger charge is 2.31. The van der Waals surface area contributed by atoms with Crippen molar-refractivity contribution in [3.63, 3.8) is 0 Å². The van der Waals surface area contributed by atoms with Crippen molar-refractivity contribution in [1.82, 2.24) is 19.6 Å². The van der Waals surface area contributed by atoms with Crippen LogP contribution < -0.4 is 4.74 Å². The average molecular weight is 1040 g/mol. The van der Waals surface area contributed by atoms with Crippen LogP contribution in [0.15, 0.2) is 48.5 Å². The number of carbonyl (C=O) groups is 4. The van der Waals surface area contributed by atoms with Crippen molar-refractivity contribution in [3.8, 4) is 11.5 Å². The molecule has 4 aromatic rings. The van der Waals surface area contributed by atoms with Crippen molar-refractivity contribution in [2.24, 2.45) is 0 Å². The highest BCUT2D eigenvalue weighted by molar-refractivity contribution is 5.83. The number of fused-ring (bicyclic) bond motifs is 8. The third-order valence-electron chi connectivity index (χ3n) is 16.1. The Hall–Kier alpha value is -5.44. The Kier molecular flexibility index (Phi) is 20.1. The summed E-state index contributed by atoms with van der Waals surface area (Å²) in [5, 5.41) is 0. The van der Waals surface area contributed by atoms with Crippen LogP contribution in [0.25, 0.3) is 0 Å². The summed E-state index contributed by atoms with van der Waals surface area (Å²) in [7, 11) is 0. The summed E-state index contributed by atoms with van der Waals surface area (Å²) in [6.45, 7) is 47.7. The number of benzene rings is 4. The topological polar surface area (TPSA) is 90.5 Å². The Bertz CT molecular complexity index is 2260. The fraction of sp³-hybridized carbons (Fsp3) is 0.582. The van der Waals surface area contributed by atoms with Gasteiger partial charge in [-0.05, 0) is 175 Å². The lowest BCUT2D eigenvalue weighted by atomic mass is 9.77. The van der Waals surface area contributed by atoms with Gasteiger partial charge in [0.15, 0.2) is 0 Å². The van der Waals surface area contributed by atoms with Crippen LogP contribution in [-0.4, -0.2) is 95.6 Å². The molecule has 0 N–H and O–H groups in total. The zero-order valence-electron chi connectivity index (χ0n) is 51.1. The van der Waals surface area contributed by atoms with Crippen LogP contribution >= 0.6 is 0 Å². The molecule has 0 aliphatic carbocycles. The van der Waals surface area contributed by atoms with Gasteiger partial charge in [-0.2, -0.15) is 0 Å². The van der Waals surface area contributed by atoms with Crippen LogP contribution in [0.3, 0.4) is 0 Å². The zero-order chi connectivity index (χ0) is 56.8. The first-order valence-electron chi connectivity index (χ1n) is 28.9. The summed E-state index contributed by atoms with van der Waals surface area (Å²) >= 11 is 0. The molecule has 0 radical (unpaired) electrons. The van der Waals surface area contributed by atoms with Gasteiger partial charge < -0.3 is 24.3 Å². The monoisotopic (exact) mass is 1040 g/mol. The number of hydrogen-bond acceptors (Lipinski definition) is 5. The van der Waals surface area contributed by atoms with E-state index in [-0.39, 0.29) is 71.0 Å². The first-order chi connectivity index (χ1) is 35.5. The maximum absolute atomic E-state index is 14.7. The summed E-state index contributed by atoms with van der Waals surface area (Å²) in [5.74, 6) is 1.34. The molecule has 0 unspecified atom stereocenters. The Morgan fingerprint density at radius 2 is 0.513 bits per heavy atom. The van der Waals surface area contributed by atoms with Crippen LogP contribution in [0.2, 0.25) is 0 Å². The quantitative estimate of drug-likeness (QED) is 0.0982. The van der Waals surface area contributed by atoms with E-state index in [9.17, 15) is 19.2 Å². The van der Waals surface area contributed by atoms with E-state index in [1.165, 1.54) is 0 Å². The standard InChI is InChI=1S/C67H98N4O5/c1-21-68(22-2)60(72)40-54-44-29-45-33-51(65(12,13)14)35-47(55(45)41-61(73)69(23-3)24-4)31-49-37-53(67(18,19)20)39-59(57(49)43-63(75)71(27-7)28-8)76-58-38-52(66(15,16)17)36-48(56(58)42-62(74)70(25-5)26-6)30-46(54)34-50(32-44)64(9,10)11/h32-39H,21-31,40-43H2,1-20H3. The highest BCUT2D eigenvalue weighted by atomic mass is 16.5. The third-order valence-corrected chi connectivity index (χ3v) is 16.1. The summed E-state index contributed by atoms with van der Waals surface area (Å²) in [5.41, 5.74) is 13.0. The van der Waals surface area contributed by atoms with Gasteiger partial charge in [0.25, 0.3) is 0 Å². The minimum atomic E-state index is -0.318. The molecule has 0 saturated carbocycles. The van der Waals surface area contributed by atoms with Crippen molar-refractivity contribution in [3.05, 3.63) is 126 Å². The highest BCUT2D eigenvalue weighted by Crippen LogP contribution is 2.43. The predicted molar refractivity (Wildman–Crippen MR) is 316 cm³/mol. The van der Waals surface area contributed by atoms with Crippen molar-refractivity contribution in [1.29, 1.82) is 0 Å². The van der Waals surface area contributed by atoms with E-state index in [1.807, 2.05) is 75.0 Å². The molecule has 0 aromatic heterocycles. The lowest BCUT2D eigenvalue weighted by molar-refractivity contribution is -0.130. The minimum absolute atomic E-state index is 0.0103. The van der Waals surface area contributed by atoms with E-state index in [4.69, 9.17) is 4.74 Å². The number of rotatable bonds is 16. The number of nitrogens with zero attached hydrogens (tertiary/aromatic N) is 4. The summed E-state index contributed by atoms with van der Waals surface area (Å²) < 4.78 is 7.60. The first-order valence-corrected chi connectivity index (χ1v) is 28.9. The fourth-order valence-corrected chi connectivity index (χ4v) is 10.8. The number of carbonyl (C=O) groups excluding carboxylic acids is 4. The molecule has 4 aromatic carbocycles. The lowest BCUT2D eigenvalue weighted by Gasteiger charge is -2.30. The molecule has 0 atom stereocenters. The van der Waals surface area contributed by atoms with E-state index in [0.717, 1.165) is 77.9 Å². The maximum Gasteiger partial charge on any atom is 0.227 e. The molecular weight excluding hydrogens is 941 g/mol.